The number of benzene rings is 4. The van der Waals surface area contributed by atoms with E-state index in [1.165, 1.54) is 52.3 Å². The average Bonchev–Trinajstić information content (AvgIpc) is 1.60. The second-order valence-corrected chi connectivity index (χ2v) is 33.9. The third-order valence-electron chi connectivity index (χ3n) is 23.5. The SMILES string of the molecule is Cn1c(=O)n(C2CCC(=O)NC2=O)c2ccc(CCCCOCCCCNCc3ccc(-n4cc(NC(=O)c5cnn6ccc(N7CCN(C(=O)OC(C)(C)C)CC7)nc56)c(C(F)F)n4)cc3)cc21.Cn1c(=O)n(C2CCC(=O)NC2=O)c2ccc(CCCCOCCCCNCc3ccc(-n4cc(NC(=O)c5cnn6ccc(N7CCNCC7)nc56)c(C(F)F)n4)cc3)cc21. The van der Waals surface area contributed by atoms with E-state index >= 15 is 0 Å². The summed E-state index contributed by atoms with van der Waals surface area (Å²) in [5.41, 5.74) is 6.56. The summed E-state index contributed by atoms with van der Waals surface area (Å²) >= 11 is 0. The molecule has 4 aliphatic rings. The first-order valence-electron chi connectivity index (χ1n) is 44.4. The Hall–Kier alpha value is -13.3. The topological polar surface area (TPSA) is 391 Å². The van der Waals surface area contributed by atoms with E-state index in [0.717, 1.165) is 137 Å². The van der Waals surface area contributed by atoms with Gasteiger partial charge in [-0.3, -0.25) is 57.7 Å². The van der Waals surface area contributed by atoms with Crippen LogP contribution in [0.1, 0.15) is 177 Å². The van der Waals surface area contributed by atoms with Gasteiger partial charge in [0.15, 0.2) is 22.7 Å². The van der Waals surface area contributed by atoms with Gasteiger partial charge in [-0.1, -0.05) is 36.4 Å². The Morgan fingerprint density at radius 2 is 0.916 bits per heavy atom. The number of imide groups is 2. The molecule has 4 saturated heterocycles. The molecule has 4 fully saturated rings. The van der Waals surface area contributed by atoms with Crippen molar-refractivity contribution < 1.29 is 65.3 Å². The summed E-state index contributed by atoms with van der Waals surface area (Å²) in [4.78, 5) is 129. The fraction of sp³-hybridized carbons (Fsp3) is 0.440. The van der Waals surface area contributed by atoms with Crippen LogP contribution in [0.25, 0.3) is 44.7 Å². The Bertz CT molecular complexity index is 6230. The summed E-state index contributed by atoms with van der Waals surface area (Å²) in [6.45, 7) is 16.0. The van der Waals surface area contributed by atoms with E-state index in [1.54, 1.807) is 70.9 Å². The fourth-order valence-corrected chi connectivity index (χ4v) is 16.4. The van der Waals surface area contributed by atoms with E-state index < -0.39 is 65.6 Å². The average molecular weight is 1810 g/mol. The van der Waals surface area contributed by atoms with E-state index in [0.29, 0.717) is 118 Å². The number of imidazole rings is 2. The van der Waals surface area contributed by atoms with Crippen molar-refractivity contribution in [2.24, 2.45) is 14.1 Å². The van der Waals surface area contributed by atoms with Crippen molar-refractivity contribution in [3.63, 3.8) is 0 Å². The number of unbranched alkanes of at least 4 members (excludes halogenated alkanes) is 4. The van der Waals surface area contributed by atoms with Gasteiger partial charge < -0.3 is 55.5 Å². The Labute approximate surface area is 750 Å². The van der Waals surface area contributed by atoms with E-state index in [-0.39, 0.29) is 70.3 Å². The number of hydrogen-bond acceptors (Lipinski definition) is 23. The monoisotopic (exact) mass is 1800 g/mol. The summed E-state index contributed by atoms with van der Waals surface area (Å²) in [7, 11) is 3.39. The number of carbonyl (C=O) groups excluding carboxylic acids is 7. The molecule has 12 aromatic rings. The van der Waals surface area contributed by atoms with Crippen LogP contribution in [0.15, 0.2) is 144 Å². The number of amides is 7. The zero-order valence-corrected chi connectivity index (χ0v) is 73.7. The minimum absolute atomic E-state index is 0.0945. The van der Waals surface area contributed by atoms with Gasteiger partial charge in [-0.2, -0.15) is 20.4 Å². The van der Waals surface area contributed by atoms with E-state index in [9.17, 15) is 60.7 Å². The highest BCUT2D eigenvalue weighted by Gasteiger charge is 2.35. The number of aromatic nitrogens is 14. The number of fused-ring (bicyclic) bond motifs is 4. The molecule has 0 radical (unpaired) electrons. The Morgan fingerprint density at radius 1 is 0.504 bits per heavy atom. The number of hydrogen-bond donors (Lipinski definition) is 7. The molecule has 2 unspecified atom stereocenters. The van der Waals surface area contributed by atoms with Crippen molar-refractivity contribution >= 4 is 97.9 Å². The minimum Gasteiger partial charge on any atom is -0.444 e. The van der Waals surface area contributed by atoms with Crippen LogP contribution in [0.5, 0.6) is 0 Å². The van der Waals surface area contributed by atoms with Gasteiger partial charge in [0.1, 0.15) is 40.4 Å². The first-order chi connectivity index (χ1) is 63.3. The molecule has 2 atom stereocenters. The standard InChI is InChI=1S/C48H58F2N12O7.C43H50F2N12O5/c1-48(2,3)69-47(67)59-23-21-58(22-24-59)39-18-20-60-43(54-39)34(29-52-60)44(64)53-35-30-61(56-41(35)42(49)50)33-13-10-32(11-14-33)28-51-19-6-8-26-68-25-7-5-9-31-12-15-36-38(27-31)57(4)46(66)62(36)37-16-17-40(63)55-45(37)65;1-53-35-24-28(9-12-33(35)57(43(53)61)34-13-14-37(58)51-42(34)60)6-2-4-22-62-23-5-3-16-47-25-29-7-10-30(11-8-29)56-27-32(38(52-56)39(44)45)49-41(59)31-26-48-55-19-15-36(50-40(31)55)54-20-17-46-18-21-54/h10-15,18,20,27,29-30,37,42,51H,5-9,16-17,19,21-26,28H2,1-4H3,(H,53,64)(H,55,63,65);7-12,15,19,24,26-27,34,39,46-47H,2-6,13-14,16-18,20-23,25H2,1H3,(H,49,59)(H,51,58,60). The van der Waals surface area contributed by atoms with Gasteiger partial charge in [0.05, 0.1) is 69.6 Å². The number of anilines is 4. The van der Waals surface area contributed by atoms with Crippen molar-refractivity contribution in [2.45, 2.75) is 154 Å². The van der Waals surface area contributed by atoms with Gasteiger partial charge >= 0.3 is 17.5 Å². The van der Waals surface area contributed by atoms with Crippen molar-refractivity contribution in [1.29, 1.82) is 0 Å². The van der Waals surface area contributed by atoms with Crippen molar-refractivity contribution in [2.75, 3.05) is 112 Å². The lowest BCUT2D eigenvalue weighted by Gasteiger charge is -2.36. The predicted octanol–water partition coefficient (Wildman–Crippen LogP) is 9.76. The van der Waals surface area contributed by atoms with Crippen LogP contribution in [0.2, 0.25) is 0 Å². The van der Waals surface area contributed by atoms with Gasteiger partial charge in [-0.05, 0) is 194 Å². The maximum atomic E-state index is 14.2. The summed E-state index contributed by atoms with van der Waals surface area (Å²) in [6, 6.07) is 28.7. The highest BCUT2D eigenvalue weighted by Crippen LogP contribution is 2.33. The highest BCUT2D eigenvalue weighted by molar-refractivity contribution is 6.09. The van der Waals surface area contributed by atoms with Gasteiger partial charge in [-0.25, -0.2) is 60.3 Å². The molecule has 0 bridgehead atoms. The van der Waals surface area contributed by atoms with Crippen LogP contribution in [-0.4, -0.2) is 211 Å². The predicted molar refractivity (Wildman–Crippen MR) is 481 cm³/mol. The lowest BCUT2D eigenvalue weighted by atomic mass is 10.0. The Kier molecular flexibility index (Phi) is 29.7. The molecule has 12 heterocycles. The number of halogens is 4. The van der Waals surface area contributed by atoms with E-state index in [4.69, 9.17) is 14.2 Å². The number of alkyl halides is 4. The lowest BCUT2D eigenvalue weighted by molar-refractivity contribution is -0.137. The normalized spacial score (nSPS) is 15.8. The van der Waals surface area contributed by atoms with E-state index in [1.807, 2.05) is 92.4 Å². The molecular weight excluding hydrogens is 1700 g/mol. The van der Waals surface area contributed by atoms with Crippen LogP contribution in [0.3, 0.4) is 0 Å². The molecule has 4 aromatic carbocycles. The number of carbonyl (C=O) groups is 7. The molecule has 16 rings (SSSR count). The van der Waals surface area contributed by atoms with Gasteiger partial charge in [0.2, 0.25) is 23.6 Å². The smallest absolute Gasteiger partial charge is 0.410 e. The largest absolute Gasteiger partial charge is 0.444 e. The maximum absolute atomic E-state index is 14.2. The number of nitrogens with zero attached hydrogens (tertiary/aromatic N) is 17. The lowest BCUT2D eigenvalue weighted by Crippen LogP contribution is -2.50. The molecule has 692 valence electrons. The van der Waals surface area contributed by atoms with Gasteiger partial charge in [0.25, 0.3) is 24.7 Å². The summed E-state index contributed by atoms with van der Waals surface area (Å²) in [5, 5.41) is 36.7. The summed E-state index contributed by atoms with van der Waals surface area (Å²) in [6.07, 6.45) is 12.6. The number of nitrogens with one attached hydrogen (secondary N) is 7. The fourth-order valence-electron chi connectivity index (χ4n) is 16.4. The third kappa shape index (κ3) is 22.4. The van der Waals surface area contributed by atoms with Crippen molar-refractivity contribution in [3.8, 4) is 11.4 Å². The first kappa shape index (κ1) is 92.4. The molecule has 131 heavy (non-hydrogen) atoms. The van der Waals surface area contributed by atoms with Crippen molar-refractivity contribution in [3.05, 3.63) is 200 Å². The second-order valence-electron chi connectivity index (χ2n) is 33.9. The van der Waals surface area contributed by atoms with Crippen LogP contribution in [0, 0.1) is 0 Å². The zero-order valence-electron chi connectivity index (χ0n) is 73.7. The minimum atomic E-state index is -2.95. The highest BCUT2D eigenvalue weighted by atomic mass is 19.3. The maximum Gasteiger partial charge on any atom is 0.410 e. The summed E-state index contributed by atoms with van der Waals surface area (Å²) < 4.78 is 85.6. The molecule has 7 N–H and O–H groups in total. The molecule has 8 aromatic heterocycles. The number of piperidine rings is 2. The number of rotatable bonds is 36. The number of aryl methyl sites for hydroxylation is 4. The molecule has 40 heteroatoms. The first-order valence-corrected chi connectivity index (χ1v) is 44.4. The van der Waals surface area contributed by atoms with Crippen LogP contribution in [0.4, 0.5) is 45.4 Å². The number of piperazine rings is 2. The molecular formula is C91H108F4N24O12. The molecule has 36 nitrogen and oxygen atoms in total. The zero-order chi connectivity index (χ0) is 92.0. The third-order valence-corrected chi connectivity index (χ3v) is 23.5. The van der Waals surface area contributed by atoms with Crippen LogP contribution >= 0.6 is 0 Å². The summed E-state index contributed by atoms with van der Waals surface area (Å²) in [5.74, 6) is -1.50. The molecule has 7 amide bonds. The van der Waals surface area contributed by atoms with Crippen molar-refractivity contribution in [1.82, 2.24) is 98.5 Å². The molecule has 0 saturated carbocycles. The second kappa shape index (κ2) is 42.1. The quantitative estimate of drug-likeness (QED) is 0.0109. The number of ether oxygens (including phenoxy) is 3. The molecule has 0 aliphatic carbocycles. The Balaban J connectivity index is 0.000000202. The Morgan fingerprint density at radius 3 is 1.33 bits per heavy atom. The van der Waals surface area contributed by atoms with E-state index in [2.05, 4.69) is 72.5 Å². The molecule has 4 aliphatic heterocycles. The van der Waals surface area contributed by atoms with Crippen LogP contribution in [-0.2, 0) is 73.4 Å². The van der Waals surface area contributed by atoms with Crippen LogP contribution < -0.4 is 58.4 Å². The van der Waals surface area contributed by atoms with Gasteiger partial charge in [-0.15, -0.1) is 0 Å². The molecule has 0 spiro atoms. The van der Waals surface area contributed by atoms with Gasteiger partial charge in [0, 0.05) is 131 Å².